The predicted octanol–water partition coefficient (Wildman–Crippen LogP) is 4.45. The molecule has 6 nitrogen and oxygen atoms in total. The Morgan fingerprint density at radius 3 is 2.55 bits per heavy atom. The van der Waals surface area contributed by atoms with Gasteiger partial charge in [-0.3, -0.25) is 0 Å². The minimum Gasteiger partial charge on any atom is -0.480 e. The van der Waals surface area contributed by atoms with Crippen LogP contribution in [0, 0.1) is 6.92 Å². The van der Waals surface area contributed by atoms with Gasteiger partial charge in [0.1, 0.15) is 12.6 Å². The van der Waals surface area contributed by atoms with Crippen LogP contribution >= 0.6 is 0 Å². The number of fused-ring (bicyclic) bond motifs is 1. The first kappa shape index (κ1) is 20.5. The van der Waals surface area contributed by atoms with E-state index in [0.717, 1.165) is 34.1 Å². The number of ether oxygens (including phenoxy) is 1. The van der Waals surface area contributed by atoms with Crippen molar-refractivity contribution in [1.29, 1.82) is 0 Å². The largest absolute Gasteiger partial charge is 0.480 e. The Morgan fingerprint density at radius 2 is 1.90 bits per heavy atom. The molecule has 0 aliphatic heterocycles. The molecule has 0 radical (unpaired) electrons. The van der Waals surface area contributed by atoms with Crippen molar-refractivity contribution in [1.82, 2.24) is 9.88 Å². The molecule has 3 rings (SSSR count). The van der Waals surface area contributed by atoms with Crippen LogP contribution in [-0.4, -0.2) is 27.8 Å². The molecule has 0 saturated heterocycles. The highest BCUT2D eigenvalue weighted by Gasteiger charge is 2.30. The van der Waals surface area contributed by atoms with Crippen LogP contribution in [0.15, 0.2) is 54.7 Å². The van der Waals surface area contributed by atoms with E-state index in [1.54, 1.807) is 0 Å². The summed E-state index contributed by atoms with van der Waals surface area (Å²) in [7, 11) is 0. The van der Waals surface area contributed by atoms with E-state index in [1.165, 1.54) is 0 Å². The van der Waals surface area contributed by atoms with Crippen LogP contribution in [0.1, 0.15) is 36.5 Å². The maximum absolute atomic E-state index is 12.2. The van der Waals surface area contributed by atoms with Crippen LogP contribution in [0.4, 0.5) is 4.79 Å². The molecule has 2 aromatic carbocycles. The third-order valence-electron chi connectivity index (χ3n) is 5.15. The summed E-state index contributed by atoms with van der Waals surface area (Å²) < 4.78 is 7.30. The summed E-state index contributed by atoms with van der Waals surface area (Å²) in [6.45, 7) is 6.74. The number of benzene rings is 2. The summed E-state index contributed by atoms with van der Waals surface area (Å²) in [5.41, 5.74) is 3.92. The Labute approximate surface area is 170 Å². The SMILES string of the molecule is CCn1cc([C@@H](C)[C@@H](NC(=O)OCc2ccccc2)C(=O)O)c2ccc(C)cc21. The first-order chi connectivity index (χ1) is 13.9. The quantitative estimate of drug-likeness (QED) is 0.620. The van der Waals surface area contributed by atoms with E-state index < -0.39 is 24.0 Å². The zero-order chi connectivity index (χ0) is 21.0. The number of carbonyl (C=O) groups is 2. The van der Waals surface area contributed by atoms with E-state index in [0.29, 0.717) is 0 Å². The molecule has 0 saturated carbocycles. The summed E-state index contributed by atoms with van der Waals surface area (Å²) in [6, 6.07) is 14.3. The zero-order valence-electron chi connectivity index (χ0n) is 16.9. The van der Waals surface area contributed by atoms with E-state index >= 15 is 0 Å². The van der Waals surface area contributed by atoms with Gasteiger partial charge in [-0.25, -0.2) is 9.59 Å². The number of hydrogen-bond donors (Lipinski definition) is 2. The number of aromatic nitrogens is 1. The number of hydrogen-bond acceptors (Lipinski definition) is 3. The van der Waals surface area contributed by atoms with Crippen molar-refractivity contribution in [2.45, 2.75) is 45.9 Å². The number of nitrogens with one attached hydrogen (secondary N) is 1. The van der Waals surface area contributed by atoms with Crippen molar-refractivity contribution < 1.29 is 19.4 Å². The molecule has 2 N–H and O–H groups in total. The first-order valence-electron chi connectivity index (χ1n) is 9.70. The lowest BCUT2D eigenvalue weighted by Crippen LogP contribution is -2.44. The molecule has 0 fully saturated rings. The van der Waals surface area contributed by atoms with Gasteiger partial charge in [0.2, 0.25) is 0 Å². The van der Waals surface area contributed by atoms with Crippen LogP contribution in [0.5, 0.6) is 0 Å². The standard InChI is InChI=1S/C23H26N2O4/c1-4-25-13-19(18-11-10-15(2)12-20(18)25)16(3)21(22(26)27)24-23(28)29-14-17-8-6-5-7-9-17/h5-13,16,21H,4,14H2,1-3H3,(H,24,28)(H,26,27)/t16-,21-/m1/s1. The summed E-state index contributed by atoms with van der Waals surface area (Å²) in [5.74, 6) is -1.53. The van der Waals surface area contributed by atoms with Crippen LogP contribution in [0.25, 0.3) is 10.9 Å². The van der Waals surface area contributed by atoms with Crippen molar-refractivity contribution >= 4 is 23.0 Å². The average molecular weight is 394 g/mol. The molecule has 0 bridgehead atoms. The Bertz CT molecular complexity index is 1010. The number of nitrogens with zero attached hydrogens (tertiary/aromatic N) is 1. The van der Waals surface area contributed by atoms with Crippen LogP contribution in [0.2, 0.25) is 0 Å². The second kappa shape index (κ2) is 8.82. The van der Waals surface area contributed by atoms with Gasteiger partial charge in [-0.05, 0) is 36.6 Å². The topological polar surface area (TPSA) is 80.6 Å². The summed E-state index contributed by atoms with van der Waals surface area (Å²) in [6.07, 6.45) is 1.23. The van der Waals surface area contributed by atoms with Gasteiger partial charge >= 0.3 is 12.1 Å². The molecule has 1 aromatic heterocycles. The van der Waals surface area contributed by atoms with Gasteiger partial charge in [-0.2, -0.15) is 0 Å². The number of amides is 1. The number of rotatable bonds is 7. The van der Waals surface area contributed by atoms with Gasteiger partial charge < -0.3 is 19.7 Å². The first-order valence-corrected chi connectivity index (χ1v) is 9.70. The van der Waals surface area contributed by atoms with Crippen molar-refractivity contribution in [3.05, 3.63) is 71.4 Å². The van der Waals surface area contributed by atoms with Crippen molar-refractivity contribution in [2.24, 2.45) is 0 Å². The summed E-state index contributed by atoms with van der Waals surface area (Å²) in [5, 5.41) is 13.3. The van der Waals surface area contributed by atoms with E-state index in [2.05, 4.69) is 16.0 Å². The monoisotopic (exact) mass is 394 g/mol. The summed E-state index contributed by atoms with van der Waals surface area (Å²) in [4.78, 5) is 24.1. The third-order valence-corrected chi connectivity index (χ3v) is 5.15. The van der Waals surface area contributed by atoms with Crippen molar-refractivity contribution in [3.63, 3.8) is 0 Å². The number of carbonyl (C=O) groups excluding carboxylic acids is 1. The molecule has 2 atom stereocenters. The fourth-order valence-corrected chi connectivity index (χ4v) is 3.53. The molecule has 6 heteroatoms. The number of carboxylic acid groups (broad SMARTS) is 1. The summed E-state index contributed by atoms with van der Waals surface area (Å²) >= 11 is 0. The highest BCUT2D eigenvalue weighted by molar-refractivity contribution is 5.87. The zero-order valence-corrected chi connectivity index (χ0v) is 16.9. The average Bonchev–Trinajstić information content (AvgIpc) is 3.08. The second-order valence-electron chi connectivity index (χ2n) is 7.20. The highest BCUT2D eigenvalue weighted by Crippen LogP contribution is 2.30. The molecule has 0 spiro atoms. The van der Waals surface area contributed by atoms with E-state index in [9.17, 15) is 14.7 Å². The number of aryl methyl sites for hydroxylation is 2. The van der Waals surface area contributed by atoms with Crippen LogP contribution in [0.3, 0.4) is 0 Å². The fourth-order valence-electron chi connectivity index (χ4n) is 3.53. The minimum atomic E-state index is -1.10. The molecular weight excluding hydrogens is 368 g/mol. The van der Waals surface area contributed by atoms with Crippen LogP contribution < -0.4 is 5.32 Å². The lowest BCUT2D eigenvalue weighted by Gasteiger charge is -2.21. The maximum Gasteiger partial charge on any atom is 0.408 e. The molecule has 0 unspecified atom stereocenters. The number of carboxylic acids is 1. The van der Waals surface area contributed by atoms with Gasteiger partial charge in [0.25, 0.3) is 0 Å². The Kier molecular flexibility index (Phi) is 6.22. The van der Waals surface area contributed by atoms with Gasteiger partial charge in [0.15, 0.2) is 0 Å². The Balaban J connectivity index is 1.79. The van der Waals surface area contributed by atoms with E-state index in [-0.39, 0.29) is 6.61 Å². The lowest BCUT2D eigenvalue weighted by molar-refractivity contribution is -0.139. The Hall–Kier alpha value is -3.28. The van der Waals surface area contributed by atoms with E-state index in [4.69, 9.17) is 4.74 Å². The van der Waals surface area contributed by atoms with Gasteiger partial charge in [-0.15, -0.1) is 0 Å². The predicted molar refractivity (Wildman–Crippen MR) is 112 cm³/mol. The molecule has 1 heterocycles. The Morgan fingerprint density at radius 1 is 1.17 bits per heavy atom. The van der Waals surface area contributed by atoms with Crippen LogP contribution in [-0.2, 0) is 22.7 Å². The van der Waals surface area contributed by atoms with Crippen molar-refractivity contribution in [2.75, 3.05) is 0 Å². The van der Waals surface area contributed by atoms with Gasteiger partial charge in [0, 0.05) is 29.6 Å². The highest BCUT2D eigenvalue weighted by atomic mass is 16.5. The fraction of sp³-hybridized carbons (Fsp3) is 0.304. The van der Waals surface area contributed by atoms with Gasteiger partial charge in [0.05, 0.1) is 0 Å². The second-order valence-corrected chi connectivity index (χ2v) is 7.20. The van der Waals surface area contributed by atoms with Crippen molar-refractivity contribution in [3.8, 4) is 0 Å². The number of aliphatic carboxylic acids is 1. The molecule has 29 heavy (non-hydrogen) atoms. The third kappa shape index (κ3) is 4.59. The lowest BCUT2D eigenvalue weighted by atomic mass is 9.92. The number of alkyl carbamates (subject to hydrolysis) is 1. The smallest absolute Gasteiger partial charge is 0.408 e. The molecule has 0 aliphatic rings. The maximum atomic E-state index is 12.2. The normalized spacial score (nSPS) is 13.1. The molecule has 152 valence electrons. The minimum absolute atomic E-state index is 0.0851. The van der Waals surface area contributed by atoms with Gasteiger partial charge in [-0.1, -0.05) is 49.4 Å². The molecular formula is C23H26N2O4. The van der Waals surface area contributed by atoms with E-state index in [1.807, 2.05) is 69.4 Å². The molecule has 3 aromatic rings. The molecule has 0 aliphatic carbocycles. The molecule has 1 amide bonds.